The minimum atomic E-state index is -0.433. The van der Waals surface area contributed by atoms with Crippen molar-refractivity contribution in [1.82, 2.24) is 9.88 Å². The Kier molecular flexibility index (Phi) is 4.16. The highest BCUT2D eigenvalue weighted by Crippen LogP contribution is 2.43. The predicted molar refractivity (Wildman–Crippen MR) is 96.7 cm³/mol. The summed E-state index contributed by atoms with van der Waals surface area (Å²) in [4.78, 5) is 7.48. The second kappa shape index (κ2) is 6.15. The van der Waals surface area contributed by atoms with Gasteiger partial charge in [-0.15, -0.1) is 0 Å². The Morgan fingerprint density at radius 3 is 2.87 bits per heavy atom. The molecule has 3 fully saturated rings. The number of hydrogen-bond donors (Lipinski definition) is 1. The van der Waals surface area contributed by atoms with E-state index in [0.29, 0.717) is 10.7 Å². The molecule has 122 valence electrons. The number of benzene rings is 1. The molecule has 6 atom stereocenters. The van der Waals surface area contributed by atoms with Crippen molar-refractivity contribution >= 4 is 26.8 Å². The zero-order chi connectivity index (χ0) is 16.0. The van der Waals surface area contributed by atoms with Gasteiger partial charge in [0.25, 0.3) is 0 Å². The number of alkyl halides is 1. The molecule has 5 unspecified atom stereocenters. The normalized spacial score (nSPS) is 32.8. The van der Waals surface area contributed by atoms with Crippen LogP contribution in [0.2, 0.25) is 0 Å². The summed E-state index contributed by atoms with van der Waals surface area (Å²) in [6.07, 6.45) is 3.75. The van der Waals surface area contributed by atoms with Crippen molar-refractivity contribution < 1.29 is 5.11 Å². The molecule has 3 nitrogen and oxygen atoms in total. The number of aliphatic hydroxyl groups excluding tert-OH is 1. The number of nitrogens with zero attached hydrogens (tertiary/aromatic N) is 2. The smallest absolute Gasteiger partial charge is 0.0952 e. The summed E-state index contributed by atoms with van der Waals surface area (Å²) in [7, 11) is 0. The van der Waals surface area contributed by atoms with Crippen LogP contribution in [0.25, 0.3) is 10.9 Å². The molecule has 23 heavy (non-hydrogen) atoms. The van der Waals surface area contributed by atoms with Crippen molar-refractivity contribution in [3.05, 3.63) is 42.1 Å². The number of halogens is 1. The van der Waals surface area contributed by atoms with Crippen LogP contribution >= 0.6 is 15.9 Å². The van der Waals surface area contributed by atoms with Crippen LogP contribution in [0.15, 0.2) is 36.5 Å². The van der Waals surface area contributed by atoms with Crippen LogP contribution in [0.4, 0.5) is 0 Å². The molecule has 3 aliphatic rings. The van der Waals surface area contributed by atoms with E-state index in [0.717, 1.165) is 41.9 Å². The van der Waals surface area contributed by atoms with E-state index in [4.69, 9.17) is 0 Å². The molecule has 0 saturated carbocycles. The van der Waals surface area contributed by atoms with Gasteiger partial charge in [-0.3, -0.25) is 9.88 Å². The summed E-state index contributed by atoms with van der Waals surface area (Å²) in [5, 5.41) is 12.2. The average molecular weight is 375 g/mol. The Balaban J connectivity index is 1.64. The quantitative estimate of drug-likeness (QED) is 0.830. The topological polar surface area (TPSA) is 36.4 Å². The number of hydrogen-bond acceptors (Lipinski definition) is 3. The van der Waals surface area contributed by atoms with E-state index in [-0.39, 0.29) is 6.04 Å². The number of aromatic nitrogens is 1. The maximum Gasteiger partial charge on any atom is 0.0952 e. The van der Waals surface area contributed by atoms with Gasteiger partial charge in [-0.1, -0.05) is 41.1 Å². The van der Waals surface area contributed by atoms with Crippen LogP contribution in [0.1, 0.15) is 31.4 Å². The molecule has 2 aromatic rings. The van der Waals surface area contributed by atoms with E-state index >= 15 is 0 Å². The number of aliphatic hydroxyl groups is 1. The van der Waals surface area contributed by atoms with Gasteiger partial charge >= 0.3 is 0 Å². The summed E-state index contributed by atoms with van der Waals surface area (Å²) in [6.45, 7) is 4.47. The standard InChI is InChI=1S/C19H23BrN2O/c1-12(20)16-11-22-9-7-13(16)10-18(22)19(23)15-6-8-21-17-5-3-2-4-14(15)17/h2-6,8,12-13,16,18-19,23H,7,9-11H2,1H3/t12?,13?,16-,18?,19?/m1/s1. The molecule has 3 aliphatic heterocycles. The third-order valence-corrected chi connectivity index (χ3v) is 6.49. The van der Waals surface area contributed by atoms with Gasteiger partial charge in [0.2, 0.25) is 0 Å². The van der Waals surface area contributed by atoms with Crippen LogP contribution in [0, 0.1) is 11.8 Å². The molecule has 1 aromatic heterocycles. The molecule has 3 saturated heterocycles. The number of piperidine rings is 3. The Labute approximate surface area is 145 Å². The van der Waals surface area contributed by atoms with Gasteiger partial charge in [0.15, 0.2) is 0 Å². The van der Waals surface area contributed by atoms with Gasteiger partial charge in [-0.2, -0.15) is 0 Å². The lowest BCUT2D eigenvalue weighted by Gasteiger charge is -2.52. The monoisotopic (exact) mass is 374 g/mol. The first kappa shape index (κ1) is 15.6. The van der Waals surface area contributed by atoms with Crippen molar-refractivity contribution in [2.75, 3.05) is 13.1 Å². The van der Waals surface area contributed by atoms with E-state index in [2.05, 4.69) is 38.8 Å². The Morgan fingerprint density at radius 1 is 1.30 bits per heavy atom. The fraction of sp³-hybridized carbons (Fsp3) is 0.526. The van der Waals surface area contributed by atoms with E-state index < -0.39 is 6.10 Å². The largest absolute Gasteiger partial charge is 0.387 e. The second-order valence-electron chi connectivity index (χ2n) is 7.05. The first-order valence-corrected chi connectivity index (χ1v) is 9.46. The minimum absolute atomic E-state index is 0.238. The van der Waals surface area contributed by atoms with E-state index in [1.54, 1.807) is 0 Å². The Morgan fingerprint density at radius 2 is 2.13 bits per heavy atom. The highest BCUT2D eigenvalue weighted by Gasteiger charge is 2.44. The lowest BCUT2D eigenvalue weighted by molar-refractivity contribution is -0.0544. The third-order valence-electron chi connectivity index (χ3n) is 5.81. The van der Waals surface area contributed by atoms with Gasteiger partial charge in [0, 0.05) is 29.0 Å². The molecule has 0 amide bonds. The summed E-state index contributed by atoms with van der Waals surface area (Å²) in [5.74, 6) is 1.43. The highest BCUT2D eigenvalue weighted by molar-refractivity contribution is 9.09. The number of fused-ring (bicyclic) bond motifs is 4. The Hall–Kier alpha value is -0.970. The summed E-state index contributed by atoms with van der Waals surface area (Å²) < 4.78 is 0. The lowest BCUT2D eigenvalue weighted by atomic mass is 9.72. The first-order chi connectivity index (χ1) is 11.1. The predicted octanol–water partition coefficient (Wildman–Crippen LogP) is 3.76. The van der Waals surface area contributed by atoms with Crippen LogP contribution in [0.5, 0.6) is 0 Å². The van der Waals surface area contributed by atoms with E-state index in [1.807, 2.05) is 30.5 Å². The fourth-order valence-corrected chi connectivity index (χ4v) is 5.14. The van der Waals surface area contributed by atoms with Crippen molar-refractivity contribution in [3.8, 4) is 0 Å². The Bertz CT molecular complexity index is 699. The zero-order valence-electron chi connectivity index (χ0n) is 13.4. The van der Waals surface area contributed by atoms with Crippen LogP contribution in [0.3, 0.4) is 0 Å². The van der Waals surface area contributed by atoms with Crippen molar-refractivity contribution in [2.24, 2.45) is 11.8 Å². The molecule has 5 rings (SSSR count). The molecule has 0 radical (unpaired) electrons. The molecule has 4 heteroatoms. The van der Waals surface area contributed by atoms with Crippen molar-refractivity contribution in [2.45, 2.75) is 36.7 Å². The van der Waals surface area contributed by atoms with Gasteiger partial charge in [0.05, 0.1) is 11.6 Å². The van der Waals surface area contributed by atoms with E-state index in [9.17, 15) is 5.11 Å². The van der Waals surface area contributed by atoms with Gasteiger partial charge in [0.1, 0.15) is 0 Å². The summed E-state index contributed by atoms with van der Waals surface area (Å²) in [6, 6.07) is 10.3. The molecular formula is C19H23BrN2O. The maximum absolute atomic E-state index is 11.1. The number of para-hydroxylation sites is 1. The zero-order valence-corrected chi connectivity index (χ0v) is 15.0. The van der Waals surface area contributed by atoms with E-state index in [1.165, 1.54) is 6.42 Å². The molecule has 0 aliphatic carbocycles. The minimum Gasteiger partial charge on any atom is -0.387 e. The molecule has 0 spiro atoms. The highest BCUT2D eigenvalue weighted by atomic mass is 79.9. The van der Waals surface area contributed by atoms with Crippen LogP contribution < -0.4 is 0 Å². The summed E-state index contributed by atoms with van der Waals surface area (Å²) in [5.41, 5.74) is 1.99. The number of pyridine rings is 1. The van der Waals surface area contributed by atoms with Crippen molar-refractivity contribution in [1.29, 1.82) is 0 Å². The fourth-order valence-electron chi connectivity index (χ4n) is 4.54. The molecule has 4 heterocycles. The average Bonchev–Trinajstić information content (AvgIpc) is 2.60. The van der Waals surface area contributed by atoms with Crippen LogP contribution in [-0.2, 0) is 0 Å². The first-order valence-electron chi connectivity index (χ1n) is 8.55. The maximum atomic E-state index is 11.1. The van der Waals surface area contributed by atoms with Crippen LogP contribution in [-0.4, -0.2) is 38.9 Å². The van der Waals surface area contributed by atoms with Crippen molar-refractivity contribution in [3.63, 3.8) is 0 Å². The summed E-state index contributed by atoms with van der Waals surface area (Å²) >= 11 is 3.77. The van der Waals surface area contributed by atoms with Gasteiger partial charge in [-0.05, 0) is 48.9 Å². The molecular weight excluding hydrogens is 352 g/mol. The molecule has 1 N–H and O–H groups in total. The number of rotatable bonds is 3. The van der Waals surface area contributed by atoms with Gasteiger partial charge < -0.3 is 5.11 Å². The lowest BCUT2D eigenvalue weighted by Crippen LogP contribution is -2.56. The SMILES string of the molecule is CC(Br)[C@H]1CN2CCC1CC2C(O)c1ccnc2ccccc12. The second-order valence-corrected chi connectivity index (χ2v) is 8.49. The van der Waals surface area contributed by atoms with Gasteiger partial charge in [-0.25, -0.2) is 0 Å². The molecule has 1 aromatic carbocycles. The third kappa shape index (κ3) is 2.71. The molecule has 2 bridgehead atoms.